The molecule has 1 radical (unpaired) electrons. The summed E-state index contributed by atoms with van der Waals surface area (Å²) < 4.78 is 0. The van der Waals surface area contributed by atoms with Gasteiger partial charge in [0, 0.05) is 17.1 Å². The van der Waals surface area contributed by atoms with Crippen LogP contribution in [0.5, 0.6) is 0 Å². The van der Waals surface area contributed by atoms with Gasteiger partial charge in [0.2, 0.25) is 0 Å². The third kappa shape index (κ3) is 110. The Kier molecular flexibility index (Phi) is 24.4. The van der Waals surface area contributed by atoms with Crippen molar-refractivity contribution in [3.63, 3.8) is 0 Å². The fourth-order valence-electron chi connectivity index (χ4n) is 0. The molecule has 0 saturated carbocycles. The van der Waals surface area contributed by atoms with Gasteiger partial charge in [-0.05, 0) is 0 Å². The molecule has 0 fully saturated rings. The van der Waals surface area contributed by atoms with Crippen LogP contribution in [0.15, 0.2) is 0 Å². The van der Waals surface area contributed by atoms with Crippen molar-refractivity contribution < 1.29 is 63.1 Å². The van der Waals surface area contributed by atoms with Gasteiger partial charge in [-0.25, -0.2) is 4.79 Å². The first-order chi connectivity index (χ1) is 1.73. The van der Waals surface area contributed by atoms with Crippen molar-refractivity contribution in [3.8, 4) is 0 Å². The van der Waals surface area contributed by atoms with Crippen molar-refractivity contribution >= 4 is 6.16 Å². The largest absolute Gasteiger partial charge is 1.00 e. The standard InChI is InChI=1S/CH2O3.Mn.Na.H/c2-1(3)4;;;/h(H2,2,3,4);;;/q;;+1;-1. The van der Waals surface area contributed by atoms with E-state index in [1.807, 2.05) is 0 Å². The van der Waals surface area contributed by atoms with Gasteiger partial charge >= 0.3 is 35.7 Å². The average Bonchev–Trinajstić information content (AvgIpc) is 0.811. The Morgan fingerprint density at radius 1 is 1.50 bits per heavy atom. The summed E-state index contributed by atoms with van der Waals surface area (Å²) >= 11 is 0. The van der Waals surface area contributed by atoms with Crippen LogP contribution in [0, 0.1) is 0 Å². The van der Waals surface area contributed by atoms with Crippen LogP contribution in [0.25, 0.3) is 0 Å². The molecule has 0 atom stereocenters. The van der Waals surface area contributed by atoms with E-state index in [-0.39, 0.29) is 48.1 Å². The van der Waals surface area contributed by atoms with Gasteiger partial charge < -0.3 is 11.6 Å². The Morgan fingerprint density at radius 3 is 1.50 bits per heavy atom. The predicted molar refractivity (Wildman–Crippen MR) is 11.8 cm³/mol. The number of rotatable bonds is 0. The topological polar surface area (TPSA) is 57.5 Å². The van der Waals surface area contributed by atoms with Gasteiger partial charge in [0.25, 0.3) is 0 Å². The zero-order valence-electron chi connectivity index (χ0n) is 4.18. The SMILES string of the molecule is O=C(O)O.[H-].[Mn].[Na+]. The van der Waals surface area contributed by atoms with Gasteiger partial charge in [0.05, 0.1) is 0 Å². The molecule has 0 rings (SSSR count). The Bertz CT molecular complexity index is 37.9. The summed E-state index contributed by atoms with van der Waals surface area (Å²) in [6.45, 7) is 0. The van der Waals surface area contributed by atoms with Crippen LogP contribution in [0.2, 0.25) is 0 Å². The molecule has 0 aromatic carbocycles. The molecule has 0 amide bonds. The van der Waals surface area contributed by atoms with Gasteiger partial charge in [0.1, 0.15) is 0 Å². The number of hydrogen-bond donors (Lipinski definition) is 2. The van der Waals surface area contributed by atoms with Gasteiger partial charge in [-0.3, -0.25) is 0 Å². The van der Waals surface area contributed by atoms with Crippen LogP contribution >= 0.6 is 0 Å². The third-order valence-corrected chi connectivity index (χ3v) is 0. The van der Waals surface area contributed by atoms with E-state index in [9.17, 15) is 0 Å². The molecule has 0 heterocycles. The zero-order valence-corrected chi connectivity index (χ0v) is 6.36. The van der Waals surface area contributed by atoms with Crippen LogP contribution in [-0.2, 0) is 17.1 Å². The average molecular weight is 141 g/mol. The van der Waals surface area contributed by atoms with Crippen molar-refractivity contribution in [1.29, 1.82) is 0 Å². The maximum atomic E-state index is 8.56. The van der Waals surface area contributed by atoms with E-state index in [2.05, 4.69) is 0 Å². The molecule has 6 heavy (non-hydrogen) atoms. The summed E-state index contributed by atoms with van der Waals surface area (Å²) in [6.07, 6.45) is -1.83. The predicted octanol–water partition coefficient (Wildman–Crippen LogP) is -2.66. The van der Waals surface area contributed by atoms with Crippen molar-refractivity contribution in [3.05, 3.63) is 0 Å². The van der Waals surface area contributed by atoms with E-state index in [1.165, 1.54) is 0 Å². The van der Waals surface area contributed by atoms with E-state index in [1.54, 1.807) is 0 Å². The Balaban J connectivity index is -0.0000000150. The van der Waals surface area contributed by atoms with Crippen molar-refractivity contribution in [2.45, 2.75) is 0 Å². The van der Waals surface area contributed by atoms with E-state index in [0.29, 0.717) is 0 Å². The minimum atomic E-state index is -1.83. The van der Waals surface area contributed by atoms with Crippen molar-refractivity contribution in [1.82, 2.24) is 0 Å². The van der Waals surface area contributed by atoms with Gasteiger partial charge in [-0.2, -0.15) is 0 Å². The van der Waals surface area contributed by atoms with Crippen LogP contribution in [0.1, 0.15) is 1.43 Å². The van der Waals surface area contributed by atoms with E-state index in [4.69, 9.17) is 15.0 Å². The Labute approximate surface area is 69.0 Å². The second kappa shape index (κ2) is 9.25. The molecule has 0 aliphatic carbocycles. The number of carboxylic acid groups (broad SMARTS) is 2. The summed E-state index contributed by atoms with van der Waals surface area (Å²) in [6, 6.07) is 0. The quantitative estimate of drug-likeness (QED) is 0.362. The van der Waals surface area contributed by atoms with E-state index in [0.717, 1.165) is 0 Å². The monoisotopic (exact) mass is 141 g/mol. The summed E-state index contributed by atoms with van der Waals surface area (Å²) in [5, 5.41) is 13.9. The molecule has 0 unspecified atom stereocenters. The first-order valence-corrected chi connectivity index (χ1v) is 0.651. The fraction of sp³-hybridized carbons (Fsp3) is 0. The van der Waals surface area contributed by atoms with Crippen LogP contribution in [-0.4, -0.2) is 16.4 Å². The third-order valence-electron chi connectivity index (χ3n) is 0. The van der Waals surface area contributed by atoms with Gasteiger partial charge in [0.15, 0.2) is 0 Å². The number of carbonyl (C=O) groups is 1. The second-order valence-electron chi connectivity index (χ2n) is 0.283. The van der Waals surface area contributed by atoms with Crippen LogP contribution < -0.4 is 29.6 Å². The zero-order chi connectivity index (χ0) is 3.58. The Morgan fingerprint density at radius 2 is 1.50 bits per heavy atom. The smallest absolute Gasteiger partial charge is 1.00 e. The molecule has 33 valence electrons. The maximum absolute atomic E-state index is 8.56. The molecule has 3 nitrogen and oxygen atoms in total. The Hall–Kier alpha value is 0.789. The molecule has 0 bridgehead atoms. The van der Waals surface area contributed by atoms with Crippen LogP contribution in [0.4, 0.5) is 4.79 Å². The number of hydrogen-bond acceptors (Lipinski definition) is 1. The molecule has 0 aliphatic heterocycles. The minimum Gasteiger partial charge on any atom is -1.00 e. The fourth-order valence-corrected chi connectivity index (χ4v) is 0. The molecule has 0 spiro atoms. The first-order valence-electron chi connectivity index (χ1n) is 0.651. The van der Waals surface area contributed by atoms with Gasteiger partial charge in [-0.15, -0.1) is 0 Å². The molecular weight excluding hydrogens is 138 g/mol. The summed E-state index contributed by atoms with van der Waals surface area (Å²) in [4.78, 5) is 8.56. The second-order valence-corrected chi connectivity index (χ2v) is 0.283. The molecule has 5 heteroatoms. The molecule has 0 aliphatic rings. The van der Waals surface area contributed by atoms with Crippen molar-refractivity contribution in [2.75, 3.05) is 0 Å². The molecule has 0 saturated heterocycles. The summed E-state index contributed by atoms with van der Waals surface area (Å²) in [5.41, 5.74) is 0. The summed E-state index contributed by atoms with van der Waals surface area (Å²) in [7, 11) is 0. The molecule has 0 aromatic rings. The minimum absolute atomic E-state index is 0. The molecule has 0 aromatic heterocycles. The molecular formula is CH3MnNaO3. The van der Waals surface area contributed by atoms with Crippen molar-refractivity contribution in [2.24, 2.45) is 0 Å². The summed E-state index contributed by atoms with van der Waals surface area (Å²) in [5.74, 6) is 0. The van der Waals surface area contributed by atoms with E-state index < -0.39 is 6.16 Å². The molecule has 2 N–H and O–H groups in total. The normalized spacial score (nSPS) is 4.00. The maximum Gasteiger partial charge on any atom is 1.00 e. The van der Waals surface area contributed by atoms with E-state index >= 15 is 0 Å². The van der Waals surface area contributed by atoms with Crippen LogP contribution in [0.3, 0.4) is 0 Å². The van der Waals surface area contributed by atoms with Gasteiger partial charge in [-0.1, -0.05) is 0 Å². The first kappa shape index (κ1) is 15.8.